The summed E-state index contributed by atoms with van der Waals surface area (Å²) in [6.07, 6.45) is 3.27. The number of hydrogen-bond donors (Lipinski definition) is 2. The van der Waals surface area contributed by atoms with E-state index < -0.39 is 11.5 Å². The van der Waals surface area contributed by atoms with Gasteiger partial charge >= 0.3 is 5.97 Å². The first-order valence-electron chi connectivity index (χ1n) is 8.36. The van der Waals surface area contributed by atoms with E-state index in [1.807, 2.05) is 23.6 Å². The summed E-state index contributed by atoms with van der Waals surface area (Å²) >= 11 is 1.62. The quantitative estimate of drug-likeness (QED) is 0.787. The summed E-state index contributed by atoms with van der Waals surface area (Å²) in [5.41, 5.74) is -0.142. The van der Waals surface area contributed by atoms with Crippen molar-refractivity contribution in [2.75, 3.05) is 0 Å². The van der Waals surface area contributed by atoms with Crippen LogP contribution >= 0.6 is 11.3 Å². The van der Waals surface area contributed by atoms with Crippen molar-refractivity contribution in [1.29, 1.82) is 0 Å². The Morgan fingerprint density at radius 1 is 1.20 bits per heavy atom. The van der Waals surface area contributed by atoms with Gasteiger partial charge in [-0.1, -0.05) is 25.0 Å². The van der Waals surface area contributed by atoms with E-state index in [-0.39, 0.29) is 12.3 Å². The molecule has 1 aromatic heterocycles. The molecular weight excluding hydrogens is 338 g/mol. The van der Waals surface area contributed by atoms with Gasteiger partial charge in [-0.05, 0) is 42.5 Å². The van der Waals surface area contributed by atoms with Crippen LogP contribution in [0.2, 0.25) is 0 Å². The van der Waals surface area contributed by atoms with Crippen molar-refractivity contribution in [2.45, 2.75) is 44.2 Å². The number of nitrogens with one attached hydrogen (secondary N) is 1. The van der Waals surface area contributed by atoms with Crippen LogP contribution in [0.5, 0.6) is 5.75 Å². The maximum absolute atomic E-state index is 12.6. The lowest BCUT2D eigenvalue weighted by atomic mass is 9.92. The molecule has 1 aliphatic carbocycles. The maximum atomic E-state index is 12.6. The average molecular weight is 359 g/mol. The van der Waals surface area contributed by atoms with E-state index in [9.17, 15) is 9.59 Å². The topological polar surface area (TPSA) is 75.6 Å². The van der Waals surface area contributed by atoms with Gasteiger partial charge in [-0.3, -0.25) is 9.59 Å². The van der Waals surface area contributed by atoms with E-state index in [0.717, 1.165) is 17.7 Å². The summed E-state index contributed by atoms with van der Waals surface area (Å²) < 4.78 is 5.74. The standard InChI is InChI=1S/C19H21NO4S/c21-17(22)12-19(8-1-2-9-19)20-18(23)14-5-3-6-15(11-14)24-13-16-7-4-10-25-16/h3-7,10-11H,1-2,8-9,12-13H2,(H,20,23)(H,21,22). The van der Waals surface area contributed by atoms with Crippen molar-refractivity contribution in [3.05, 3.63) is 52.2 Å². The molecule has 132 valence electrons. The van der Waals surface area contributed by atoms with Gasteiger partial charge in [0.05, 0.1) is 12.0 Å². The highest BCUT2D eigenvalue weighted by molar-refractivity contribution is 7.09. The van der Waals surface area contributed by atoms with Crippen LogP contribution in [-0.2, 0) is 11.4 Å². The van der Waals surface area contributed by atoms with Gasteiger partial charge in [-0.2, -0.15) is 0 Å². The molecule has 1 aromatic carbocycles. The Balaban J connectivity index is 1.67. The van der Waals surface area contributed by atoms with Gasteiger partial charge in [0.1, 0.15) is 12.4 Å². The highest BCUT2D eigenvalue weighted by Gasteiger charge is 2.37. The zero-order valence-corrected chi connectivity index (χ0v) is 14.7. The van der Waals surface area contributed by atoms with E-state index in [0.29, 0.717) is 30.8 Å². The second kappa shape index (κ2) is 7.70. The Morgan fingerprint density at radius 3 is 2.68 bits per heavy atom. The van der Waals surface area contributed by atoms with E-state index in [1.165, 1.54) is 0 Å². The molecule has 25 heavy (non-hydrogen) atoms. The molecule has 0 radical (unpaired) electrons. The number of carbonyl (C=O) groups is 2. The molecule has 0 atom stereocenters. The molecule has 0 spiro atoms. The summed E-state index contributed by atoms with van der Waals surface area (Å²) in [6, 6.07) is 11.0. The molecule has 1 fully saturated rings. The van der Waals surface area contributed by atoms with E-state index >= 15 is 0 Å². The van der Waals surface area contributed by atoms with Crippen molar-refractivity contribution in [3.8, 4) is 5.75 Å². The van der Waals surface area contributed by atoms with Crippen molar-refractivity contribution in [2.24, 2.45) is 0 Å². The lowest BCUT2D eigenvalue weighted by Gasteiger charge is -2.28. The first-order chi connectivity index (χ1) is 12.1. The van der Waals surface area contributed by atoms with Crippen molar-refractivity contribution in [1.82, 2.24) is 5.32 Å². The number of amides is 1. The van der Waals surface area contributed by atoms with Crippen molar-refractivity contribution in [3.63, 3.8) is 0 Å². The third kappa shape index (κ3) is 4.60. The minimum atomic E-state index is -0.879. The van der Waals surface area contributed by atoms with Crippen LogP contribution in [0.15, 0.2) is 41.8 Å². The Bertz CT molecular complexity index is 736. The largest absolute Gasteiger partial charge is 0.488 e. The fraction of sp³-hybridized carbons (Fsp3) is 0.368. The summed E-state index contributed by atoms with van der Waals surface area (Å²) in [6.45, 7) is 0.464. The number of thiophene rings is 1. The smallest absolute Gasteiger partial charge is 0.305 e. The third-order valence-electron chi connectivity index (χ3n) is 4.49. The minimum Gasteiger partial charge on any atom is -0.488 e. The van der Waals surface area contributed by atoms with Gasteiger partial charge in [-0.15, -0.1) is 11.3 Å². The second-order valence-electron chi connectivity index (χ2n) is 6.41. The molecule has 6 heteroatoms. The van der Waals surface area contributed by atoms with Crippen LogP contribution in [0.25, 0.3) is 0 Å². The van der Waals surface area contributed by atoms with Crippen LogP contribution in [0.4, 0.5) is 0 Å². The van der Waals surface area contributed by atoms with Crippen LogP contribution in [-0.4, -0.2) is 22.5 Å². The predicted molar refractivity (Wildman–Crippen MR) is 96.0 cm³/mol. The predicted octanol–water partition coefficient (Wildman–Crippen LogP) is 3.84. The van der Waals surface area contributed by atoms with Crippen molar-refractivity contribution < 1.29 is 19.4 Å². The molecule has 2 aromatic rings. The number of rotatable bonds is 7. The molecule has 0 bridgehead atoms. The molecule has 0 saturated heterocycles. The van der Waals surface area contributed by atoms with Gasteiger partial charge in [0.2, 0.25) is 0 Å². The van der Waals surface area contributed by atoms with Gasteiger partial charge in [-0.25, -0.2) is 0 Å². The highest BCUT2D eigenvalue weighted by Crippen LogP contribution is 2.33. The first kappa shape index (κ1) is 17.5. The number of ether oxygens (including phenoxy) is 1. The van der Waals surface area contributed by atoms with Crippen LogP contribution < -0.4 is 10.1 Å². The SMILES string of the molecule is O=C(O)CC1(NC(=O)c2cccc(OCc3cccs3)c2)CCCC1. The summed E-state index contributed by atoms with van der Waals surface area (Å²) in [5.74, 6) is -0.500. The number of benzene rings is 1. The monoisotopic (exact) mass is 359 g/mol. The molecule has 1 aliphatic rings. The molecule has 2 N–H and O–H groups in total. The Kier molecular flexibility index (Phi) is 5.38. The van der Waals surface area contributed by atoms with Crippen molar-refractivity contribution >= 4 is 23.2 Å². The van der Waals surface area contributed by atoms with Gasteiger partial charge in [0, 0.05) is 10.4 Å². The molecule has 5 nitrogen and oxygen atoms in total. The number of carbonyl (C=O) groups excluding carboxylic acids is 1. The fourth-order valence-corrected chi connectivity index (χ4v) is 3.89. The molecule has 1 saturated carbocycles. The Morgan fingerprint density at radius 2 is 2.00 bits per heavy atom. The van der Waals surface area contributed by atoms with Gasteiger partial charge in [0.15, 0.2) is 0 Å². The number of aliphatic carboxylic acids is 1. The minimum absolute atomic E-state index is 0.0344. The van der Waals surface area contributed by atoms with E-state index in [2.05, 4.69) is 5.32 Å². The lowest BCUT2D eigenvalue weighted by molar-refractivity contribution is -0.138. The molecule has 0 aliphatic heterocycles. The summed E-state index contributed by atoms with van der Waals surface area (Å²) in [4.78, 5) is 24.9. The molecular formula is C19H21NO4S. The number of hydrogen-bond acceptors (Lipinski definition) is 4. The second-order valence-corrected chi connectivity index (χ2v) is 7.44. The zero-order chi connectivity index (χ0) is 17.7. The Hall–Kier alpha value is -2.34. The highest BCUT2D eigenvalue weighted by atomic mass is 32.1. The van der Waals surface area contributed by atoms with E-state index in [1.54, 1.807) is 29.5 Å². The summed E-state index contributed by atoms with van der Waals surface area (Å²) in [7, 11) is 0. The fourth-order valence-electron chi connectivity index (χ4n) is 3.28. The van der Waals surface area contributed by atoms with Crippen LogP contribution in [0.1, 0.15) is 47.3 Å². The molecule has 1 heterocycles. The van der Waals surface area contributed by atoms with Gasteiger partial charge in [0.25, 0.3) is 5.91 Å². The summed E-state index contributed by atoms with van der Waals surface area (Å²) in [5, 5.41) is 14.1. The number of carboxylic acid groups (broad SMARTS) is 1. The first-order valence-corrected chi connectivity index (χ1v) is 9.24. The molecule has 0 unspecified atom stereocenters. The number of carboxylic acids is 1. The van der Waals surface area contributed by atoms with E-state index in [4.69, 9.17) is 9.84 Å². The lowest BCUT2D eigenvalue weighted by Crippen LogP contribution is -2.47. The Labute approximate surface area is 150 Å². The third-order valence-corrected chi connectivity index (χ3v) is 5.34. The van der Waals surface area contributed by atoms with Crippen LogP contribution in [0.3, 0.4) is 0 Å². The normalized spacial score (nSPS) is 15.7. The zero-order valence-electron chi connectivity index (χ0n) is 13.9. The van der Waals surface area contributed by atoms with Crippen LogP contribution in [0, 0.1) is 0 Å². The van der Waals surface area contributed by atoms with Gasteiger partial charge < -0.3 is 15.2 Å². The average Bonchev–Trinajstić information content (AvgIpc) is 3.25. The molecule has 1 amide bonds. The molecule has 3 rings (SSSR count). The maximum Gasteiger partial charge on any atom is 0.305 e.